The standard InChI is InChI=1S/C14H20ClN3/c15-12-9-11(16)10-13(17-12)18-7-5-14(6-8-18)3-1-2-4-14/h9-10H,1-8H2,(H2,16,17). The number of halogens is 1. The molecule has 1 saturated heterocycles. The Kier molecular flexibility index (Phi) is 3.10. The summed E-state index contributed by atoms with van der Waals surface area (Å²) in [5, 5.41) is 0.492. The van der Waals surface area contributed by atoms with E-state index in [1.807, 2.05) is 6.07 Å². The lowest BCUT2D eigenvalue weighted by Crippen LogP contribution is -2.39. The van der Waals surface area contributed by atoms with Gasteiger partial charge in [0.1, 0.15) is 11.0 Å². The summed E-state index contributed by atoms with van der Waals surface area (Å²) in [6.07, 6.45) is 8.27. The van der Waals surface area contributed by atoms with Crippen molar-refractivity contribution in [1.82, 2.24) is 4.98 Å². The summed E-state index contributed by atoms with van der Waals surface area (Å²) in [6, 6.07) is 3.63. The molecule has 0 aromatic carbocycles. The first-order valence-electron chi connectivity index (χ1n) is 6.85. The summed E-state index contributed by atoms with van der Waals surface area (Å²) in [6.45, 7) is 2.18. The van der Waals surface area contributed by atoms with Crippen LogP contribution in [0.4, 0.5) is 11.5 Å². The lowest BCUT2D eigenvalue weighted by atomic mass is 9.77. The number of pyridine rings is 1. The fourth-order valence-electron chi connectivity index (χ4n) is 3.50. The van der Waals surface area contributed by atoms with Crippen LogP contribution in [-0.4, -0.2) is 18.1 Å². The van der Waals surface area contributed by atoms with Gasteiger partial charge >= 0.3 is 0 Å². The predicted molar refractivity (Wildman–Crippen MR) is 76.0 cm³/mol. The second kappa shape index (κ2) is 4.61. The Morgan fingerprint density at radius 3 is 2.39 bits per heavy atom. The van der Waals surface area contributed by atoms with Gasteiger partial charge in [-0.05, 0) is 37.2 Å². The molecule has 1 saturated carbocycles. The molecule has 1 aliphatic heterocycles. The van der Waals surface area contributed by atoms with Gasteiger partial charge in [0.15, 0.2) is 0 Å². The number of nitrogen functional groups attached to an aromatic ring is 1. The minimum absolute atomic E-state index is 0.492. The zero-order chi connectivity index (χ0) is 12.6. The van der Waals surface area contributed by atoms with Crippen molar-refractivity contribution in [3.63, 3.8) is 0 Å². The molecule has 1 aliphatic carbocycles. The third kappa shape index (κ3) is 2.28. The minimum Gasteiger partial charge on any atom is -0.399 e. The number of piperidine rings is 1. The molecule has 3 nitrogen and oxygen atoms in total. The monoisotopic (exact) mass is 265 g/mol. The highest BCUT2D eigenvalue weighted by atomic mass is 35.5. The van der Waals surface area contributed by atoms with E-state index in [-0.39, 0.29) is 0 Å². The summed E-state index contributed by atoms with van der Waals surface area (Å²) in [7, 11) is 0. The highest BCUT2D eigenvalue weighted by Crippen LogP contribution is 2.46. The molecule has 0 bridgehead atoms. The first-order valence-corrected chi connectivity index (χ1v) is 7.23. The molecule has 1 spiro atoms. The van der Waals surface area contributed by atoms with E-state index in [1.54, 1.807) is 6.07 Å². The average Bonchev–Trinajstić information content (AvgIpc) is 2.77. The van der Waals surface area contributed by atoms with Crippen molar-refractivity contribution >= 4 is 23.1 Å². The maximum absolute atomic E-state index is 5.97. The van der Waals surface area contributed by atoms with Crippen molar-refractivity contribution in [2.24, 2.45) is 5.41 Å². The molecule has 98 valence electrons. The van der Waals surface area contributed by atoms with Crippen LogP contribution in [0.1, 0.15) is 38.5 Å². The third-order valence-corrected chi connectivity index (χ3v) is 4.81. The summed E-state index contributed by atoms with van der Waals surface area (Å²) >= 11 is 5.97. The van der Waals surface area contributed by atoms with E-state index in [0.717, 1.165) is 18.9 Å². The number of hydrogen-bond acceptors (Lipinski definition) is 3. The average molecular weight is 266 g/mol. The molecule has 18 heavy (non-hydrogen) atoms. The molecule has 2 N–H and O–H groups in total. The second-order valence-electron chi connectivity index (χ2n) is 5.78. The summed E-state index contributed by atoms with van der Waals surface area (Å²) in [5.74, 6) is 0.938. The number of anilines is 2. The maximum Gasteiger partial charge on any atom is 0.133 e. The highest BCUT2D eigenvalue weighted by Gasteiger charge is 2.37. The van der Waals surface area contributed by atoms with E-state index in [0.29, 0.717) is 16.3 Å². The first kappa shape index (κ1) is 12.1. The lowest BCUT2D eigenvalue weighted by Gasteiger charge is -2.40. The minimum atomic E-state index is 0.492. The molecular formula is C14H20ClN3. The van der Waals surface area contributed by atoms with Crippen LogP contribution >= 0.6 is 11.6 Å². The number of hydrogen-bond donors (Lipinski definition) is 1. The van der Waals surface area contributed by atoms with Gasteiger partial charge in [-0.15, -0.1) is 0 Å². The van der Waals surface area contributed by atoms with Gasteiger partial charge in [0.05, 0.1) is 0 Å². The van der Waals surface area contributed by atoms with E-state index in [9.17, 15) is 0 Å². The molecule has 0 atom stereocenters. The van der Waals surface area contributed by atoms with Gasteiger partial charge < -0.3 is 10.6 Å². The van der Waals surface area contributed by atoms with Crippen molar-refractivity contribution in [1.29, 1.82) is 0 Å². The summed E-state index contributed by atoms with van der Waals surface area (Å²) in [5.41, 5.74) is 7.17. The molecule has 1 aromatic rings. The van der Waals surface area contributed by atoms with Crippen LogP contribution in [-0.2, 0) is 0 Å². The van der Waals surface area contributed by atoms with Crippen molar-refractivity contribution in [2.75, 3.05) is 23.7 Å². The molecule has 2 fully saturated rings. The molecule has 4 heteroatoms. The molecule has 0 radical (unpaired) electrons. The van der Waals surface area contributed by atoms with E-state index in [2.05, 4.69) is 9.88 Å². The van der Waals surface area contributed by atoms with Crippen LogP contribution in [0.2, 0.25) is 5.15 Å². The van der Waals surface area contributed by atoms with E-state index < -0.39 is 0 Å². The topological polar surface area (TPSA) is 42.1 Å². The van der Waals surface area contributed by atoms with Crippen LogP contribution < -0.4 is 10.6 Å². The van der Waals surface area contributed by atoms with Crippen LogP contribution in [0.25, 0.3) is 0 Å². The van der Waals surface area contributed by atoms with Gasteiger partial charge in [0.2, 0.25) is 0 Å². The van der Waals surface area contributed by atoms with Gasteiger partial charge in [-0.3, -0.25) is 0 Å². The third-order valence-electron chi connectivity index (χ3n) is 4.62. The molecule has 1 aromatic heterocycles. The smallest absolute Gasteiger partial charge is 0.133 e. The van der Waals surface area contributed by atoms with Gasteiger partial charge in [0.25, 0.3) is 0 Å². The highest BCUT2D eigenvalue weighted by molar-refractivity contribution is 6.29. The zero-order valence-electron chi connectivity index (χ0n) is 10.7. The molecule has 3 rings (SSSR count). The fraction of sp³-hybridized carbons (Fsp3) is 0.643. The van der Waals surface area contributed by atoms with Crippen molar-refractivity contribution in [3.8, 4) is 0 Å². The summed E-state index contributed by atoms with van der Waals surface area (Å²) < 4.78 is 0. The van der Waals surface area contributed by atoms with Gasteiger partial charge in [-0.2, -0.15) is 0 Å². The first-order chi connectivity index (χ1) is 8.67. The molecule has 2 heterocycles. The Morgan fingerprint density at radius 1 is 1.11 bits per heavy atom. The number of aromatic nitrogens is 1. The second-order valence-corrected chi connectivity index (χ2v) is 6.16. The Labute approximate surface area is 113 Å². The van der Waals surface area contributed by atoms with Gasteiger partial charge in [-0.1, -0.05) is 24.4 Å². The van der Waals surface area contributed by atoms with Crippen LogP contribution in [0.15, 0.2) is 12.1 Å². The largest absolute Gasteiger partial charge is 0.399 e. The predicted octanol–water partition coefficient (Wildman–Crippen LogP) is 3.48. The number of nitrogens with zero attached hydrogens (tertiary/aromatic N) is 2. The number of nitrogens with two attached hydrogens (primary N) is 1. The molecule has 0 unspecified atom stereocenters. The lowest BCUT2D eigenvalue weighted by molar-refractivity contribution is 0.226. The quantitative estimate of drug-likeness (QED) is 0.791. The van der Waals surface area contributed by atoms with Crippen molar-refractivity contribution in [3.05, 3.63) is 17.3 Å². The molecular weight excluding hydrogens is 246 g/mol. The van der Waals surface area contributed by atoms with Crippen molar-refractivity contribution < 1.29 is 0 Å². The molecule has 2 aliphatic rings. The van der Waals surface area contributed by atoms with E-state index >= 15 is 0 Å². The van der Waals surface area contributed by atoms with Crippen molar-refractivity contribution in [2.45, 2.75) is 38.5 Å². The number of rotatable bonds is 1. The van der Waals surface area contributed by atoms with Crippen LogP contribution in [0.5, 0.6) is 0 Å². The Balaban J connectivity index is 1.72. The zero-order valence-corrected chi connectivity index (χ0v) is 11.4. The summed E-state index contributed by atoms with van der Waals surface area (Å²) in [4.78, 5) is 6.71. The van der Waals surface area contributed by atoms with E-state index in [1.165, 1.54) is 38.5 Å². The Hall–Kier alpha value is -0.960. The fourth-order valence-corrected chi connectivity index (χ4v) is 3.71. The SMILES string of the molecule is Nc1cc(Cl)nc(N2CCC3(CCCC3)CC2)c1. The van der Waals surface area contributed by atoms with Gasteiger partial charge in [-0.25, -0.2) is 4.98 Å². The van der Waals surface area contributed by atoms with Gasteiger partial charge in [0, 0.05) is 24.8 Å². The van der Waals surface area contributed by atoms with E-state index in [4.69, 9.17) is 17.3 Å². The Morgan fingerprint density at radius 2 is 1.78 bits per heavy atom. The maximum atomic E-state index is 5.97. The Bertz CT molecular complexity index is 410. The van der Waals surface area contributed by atoms with Crippen LogP contribution in [0.3, 0.4) is 0 Å². The van der Waals surface area contributed by atoms with Crippen LogP contribution in [0, 0.1) is 5.41 Å². The normalized spacial score (nSPS) is 22.6. The molecule has 0 amide bonds.